The summed E-state index contributed by atoms with van der Waals surface area (Å²) < 4.78 is 86.7. The van der Waals surface area contributed by atoms with E-state index in [2.05, 4.69) is 9.82 Å². The van der Waals surface area contributed by atoms with Crippen molar-refractivity contribution in [2.45, 2.75) is 54.9 Å². The average Bonchev–Trinajstić information content (AvgIpc) is 3.98. The second-order valence-corrected chi connectivity index (χ2v) is 14.6. The molecule has 3 aromatic rings. The van der Waals surface area contributed by atoms with Crippen LogP contribution in [0.15, 0.2) is 65.8 Å². The normalized spacial score (nSPS) is 21.3. The van der Waals surface area contributed by atoms with Gasteiger partial charge in [0, 0.05) is 42.7 Å². The van der Waals surface area contributed by atoms with E-state index in [0.717, 1.165) is 22.4 Å². The average molecular weight is 717 g/mol. The molecule has 7 rings (SSSR count). The molecule has 2 aromatic carbocycles. The first-order valence-corrected chi connectivity index (χ1v) is 16.7. The fourth-order valence-electron chi connectivity index (χ4n) is 7.22. The number of amides is 3. The first kappa shape index (κ1) is 34.0. The summed E-state index contributed by atoms with van der Waals surface area (Å²) in [6.45, 7) is -0.0819. The van der Waals surface area contributed by atoms with E-state index in [1.54, 1.807) is 30.3 Å². The van der Waals surface area contributed by atoms with Crippen molar-refractivity contribution in [3.05, 3.63) is 83.2 Å². The van der Waals surface area contributed by atoms with Gasteiger partial charge in [0.2, 0.25) is 11.8 Å². The number of hydrogen-bond acceptors (Lipinski definition) is 6. The van der Waals surface area contributed by atoms with Gasteiger partial charge in [-0.15, -0.1) is 0 Å². The van der Waals surface area contributed by atoms with Crippen LogP contribution in [0.1, 0.15) is 52.7 Å². The van der Waals surface area contributed by atoms with Crippen LogP contribution >= 0.6 is 11.9 Å². The van der Waals surface area contributed by atoms with Gasteiger partial charge in [-0.3, -0.25) is 23.8 Å². The van der Waals surface area contributed by atoms with Crippen LogP contribution in [0, 0.1) is 28.1 Å². The molecule has 2 saturated carbocycles. The number of carbonyl (C=O) groups excluding carboxylic acids is 3. The fourth-order valence-corrected chi connectivity index (χ4v) is 7.92. The zero-order chi connectivity index (χ0) is 35.7. The quantitative estimate of drug-likeness (QED) is 0.245. The summed E-state index contributed by atoms with van der Waals surface area (Å²) in [4.78, 5) is 43.3. The van der Waals surface area contributed by atoms with E-state index in [-0.39, 0.29) is 63.0 Å². The number of nitrogens with one attached hydrogen (secondary N) is 1. The van der Waals surface area contributed by atoms with Crippen LogP contribution in [0.5, 0.6) is 0 Å². The van der Waals surface area contributed by atoms with E-state index >= 15 is 0 Å². The van der Waals surface area contributed by atoms with Crippen molar-refractivity contribution in [1.82, 2.24) is 24.3 Å². The maximum absolute atomic E-state index is 13.8. The third-order valence-electron chi connectivity index (χ3n) is 10.5. The van der Waals surface area contributed by atoms with Gasteiger partial charge in [0.25, 0.3) is 5.91 Å². The van der Waals surface area contributed by atoms with E-state index in [9.17, 15) is 40.7 Å². The molecule has 1 spiro atoms. The van der Waals surface area contributed by atoms with Crippen LogP contribution in [0.25, 0.3) is 0 Å². The van der Waals surface area contributed by atoms with Gasteiger partial charge < -0.3 is 9.80 Å². The molecular weight excluding hydrogens is 686 g/mol. The van der Waals surface area contributed by atoms with Crippen LogP contribution in [0.4, 0.5) is 26.3 Å². The van der Waals surface area contributed by atoms with E-state index in [1.807, 2.05) is 6.07 Å². The number of nitrogens with zero attached hydrogens (tertiary/aromatic N) is 5. The number of likely N-dealkylation sites (tertiary alicyclic amines) is 2. The minimum absolute atomic E-state index is 0.00176. The number of alkyl halides is 6. The Bertz CT molecular complexity index is 1890. The molecule has 4 aliphatic rings. The van der Waals surface area contributed by atoms with Gasteiger partial charge in [-0.25, -0.2) is 0 Å². The SMILES string of the molecule is N#Cc1ccc(Cn2cc(C(=O)N3CC(C(=O)NSc4cccc(C5(C(F)(F)F)CC5)c4)C4(C3)CN(C(=O)C3(C(F)(F)F)CC3)C4)cn2)cc1. The number of rotatable bonds is 8. The number of hydrogen-bond donors (Lipinski definition) is 1. The third-order valence-corrected chi connectivity index (χ3v) is 11.3. The number of nitriles is 1. The Hall–Kier alpha value is -4.52. The van der Waals surface area contributed by atoms with Gasteiger partial charge in [0.15, 0.2) is 0 Å². The van der Waals surface area contributed by atoms with Crippen LogP contribution in [-0.4, -0.2) is 75.8 Å². The lowest BCUT2D eigenvalue weighted by molar-refractivity contribution is -0.205. The number of aromatic nitrogens is 2. The fraction of sp³-hybridized carbons (Fsp3) is 0.441. The molecule has 0 radical (unpaired) electrons. The summed E-state index contributed by atoms with van der Waals surface area (Å²) in [6, 6.07) is 14.7. The van der Waals surface area contributed by atoms with Crippen molar-refractivity contribution in [2.75, 3.05) is 26.2 Å². The van der Waals surface area contributed by atoms with Crippen LogP contribution in [0.2, 0.25) is 0 Å². The van der Waals surface area contributed by atoms with E-state index in [4.69, 9.17) is 5.26 Å². The molecule has 2 aliphatic heterocycles. The van der Waals surface area contributed by atoms with E-state index < -0.39 is 52.2 Å². The van der Waals surface area contributed by atoms with Crippen molar-refractivity contribution in [3.8, 4) is 6.07 Å². The zero-order valence-corrected chi connectivity index (χ0v) is 27.2. The van der Waals surface area contributed by atoms with Crippen LogP contribution in [-0.2, 0) is 21.5 Å². The predicted octanol–water partition coefficient (Wildman–Crippen LogP) is 5.46. The molecule has 1 atom stereocenters. The highest BCUT2D eigenvalue weighted by molar-refractivity contribution is 7.98. The monoisotopic (exact) mass is 716 g/mol. The zero-order valence-electron chi connectivity index (χ0n) is 26.4. The minimum Gasteiger partial charge on any atom is -0.340 e. The molecule has 2 aliphatic carbocycles. The predicted molar refractivity (Wildman–Crippen MR) is 166 cm³/mol. The molecular formula is C34H30F6N6O3S. The standard InChI is InChI=1S/C34H30F6N6O3S/c35-33(36,37)31(8-9-31)24-2-1-3-25(12-24)50-43-27(47)26-17-44(18-30(26)19-45(20-30)29(49)32(10-11-32)34(38,39)40)28(48)23-14-42-46(16-23)15-22-6-4-21(13-41)5-7-22/h1-7,12,14,16,26H,8-11,15,17-20H2,(H,43,47). The van der Waals surface area contributed by atoms with Gasteiger partial charge in [-0.2, -0.15) is 36.7 Å². The molecule has 3 amide bonds. The van der Waals surface area contributed by atoms with Gasteiger partial charge in [0.05, 0.1) is 41.3 Å². The highest BCUT2D eigenvalue weighted by Crippen LogP contribution is 2.61. The van der Waals surface area contributed by atoms with Gasteiger partial charge in [-0.1, -0.05) is 24.3 Å². The summed E-state index contributed by atoms with van der Waals surface area (Å²) in [6.07, 6.45) is -6.85. The van der Waals surface area contributed by atoms with Gasteiger partial charge in [0.1, 0.15) is 5.41 Å². The second-order valence-electron chi connectivity index (χ2n) is 13.8. The maximum Gasteiger partial charge on any atom is 0.403 e. The first-order valence-electron chi connectivity index (χ1n) is 15.9. The topological polar surface area (TPSA) is 111 Å². The Kier molecular flexibility index (Phi) is 8.00. The van der Waals surface area contributed by atoms with Crippen molar-refractivity contribution in [2.24, 2.45) is 16.7 Å². The molecule has 16 heteroatoms. The lowest BCUT2D eigenvalue weighted by atomic mass is 9.70. The molecule has 1 unspecified atom stereocenters. The van der Waals surface area contributed by atoms with Gasteiger partial charge in [-0.05, 0) is 73.0 Å². The Balaban J connectivity index is 1.07. The number of benzene rings is 2. The molecule has 3 heterocycles. The Labute approximate surface area is 286 Å². The van der Waals surface area contributed by atoms with E-state index in [1.165, 1.54) is 40.2 Å². The van der Waals surface area contributed by atoms with Gasteiger partial charge >= 0.3 is 12.4 Å². The molecule has 1 N–H and O–H groups in total. The number of halogens is 6. The lowest BCUT2D eigenvalue weighted by Gasteiger charge is -2.51. The van der Waals surface area contributed by atoms with Crippen LogP contribution < -0.4 is 4.72 Å². The largest absolute Gasteiger partial charge is 0.403 e. The van der Waals surface area contributed by atoms with Crippen molar-refractivity contribution >= 4 is 29.7 Å². The molecule has 50 heavy (non-hydrogen) atoms. The molecule has 4 fully saturated rings. The third kappa shape index (κ3) is 5.78. The Morgan fingerprint density at radius 1 is 0.940 bits per heavy atom. The van der Waals surface area contributed by atoms with E-state index in [0.29, 0.717) is 17.0 Å². The smallest absolute Gasteiger partial charge is 0.340 e. The molecule has 0 bridgehead atoms. The molecule has 2 saturated heterocycles. The summed E-state index contributed by atoms with van der Waals surface area (Å²) in [5, 5.41) is 13.3. The maximum atomic E-state index is 13.8. The Morgan fingerprint density at radius 3 is 2.22 bits per heavy atom. The molecule has 1 aromatic heterocycles. The first-order chi connectivity index (χ1) is 23.6. The molecule has 262 valence electrons. The second kappa shape index (κ2) is 11.8. The summed E-state index contributed by atoms with van der Waals surface area (Å²) >= 11 is 0.826. The van der Waals surface area contributed by atoms with Crippen molar-refractivity contribution in [1.29, 1.82) is 5.26 Å². The molecule has 9 nitrogen and oxygen atoms in total. The highest BCUT2D eigenvalue weighted by Gasteiger charge is 2.72. The lowest BCUT2D eigenvalue weighted by Crippen LogP contribution is -2.65. The van der Waals surface area contributed by atoms with Crippen LogP contribution in [0.3, 0.4) is 0 Å². The summed E-state index contributed by atoms with van der Waals surface area (Å²) in [7, 11) is 0. The summed E-state index contributed by atoms with van der Waals surface area (Å²) in [5.74, 6) is -2.95. The minimum atomic E-state index is -4.70. The summed E-state index contributed by atoms with van der Waals surface area (Å²) in [5.41, 5.74) is -3.69. The van der Waals surface area contributed by atoms with Crippen molar-refractivity contribution in [3.63, 3.8) is 0 Å². The van der Waals surface area contributed by atoms with Crippen molar-refractivity contribution < 1.29 is 40.7 Å². The highest BCUT2D eigenvalue weighted by atomic mass is 32.2. The number of carbonyl (C=O) groups is 3. The Morgan fingerprint density at radius 2 is 1.62 bits per heavy atom.